The van der Waals surface area contributed by atoms with Crippen molar-refractivity contribution in [3.63, 3.8) is 0 Å². The highest BCUT2D eigenvalue weighted by Gasteiger charge is 2.41. The second kappa shape index (κ2) is 28.2. The number of nitrogens with one attached hydrogen (secondary N) is 6. The summed E-state index contributed by atoms with van der Waals surface area (Å²) in [6.45, 7) is 6.98. The van der Waals surface area contributed by atoms with Gasteiger partial charge in [-0.1, -0.05) is 46.2 Å². The predicted molar refractivity (Wildman–Crippen MR) is 244 cm³/mol. The number of carbonyl (C=O) groups is 9. The number of aromatic hydroxyl groups is 1. The van der Waals surface area contributed by atoms with Gasteiger partial charge in [-0.3, -0.25) is 38.6 Å². The van der Waals surface area contributed by atoms with E-state index in [4.69, 9.17) is 32.2 Å². The van der Waals surface area contributed by atoms with E-state index >= 15 is 0 Å². The summed E-state index contributed by atoms with van der Waals surface area (Å²) in [5.41, 5.74) is 17.5. The molecule has 0 aliphatic carbocycles. The molecule has 394 valence electrons. The van der Waals surface area contributed by atoms with Gasteiger partial charge in [-0.15, -0.1) is 0 Å². The molecule has 28 heteroatoms. The molecular weight excluding hydrogens is 950 g/mol. The number of imidazole rings is 1. The molecule has 6 amide bonds. The van der Waals surface area contributed by atoms with Crippen molar-refractivity contribution >= 4 is 59.3 Å². The molecule has 0 radical (unpaired) electrons. The lowest BCUT2D eigenvalue weighted by molar-refractivity contribution is -0.192. The first kappa shape index (κ1) is 59.6. The predicted octanol–water partition coefficient (Wildman–Crippen LogP) is -1.41. The van der Waals surface area contributed by atoms with Gasteiger partial charge in [0.1, 0.15) is 42.0 Å². The second-order valence-corrected chi connectivity index (χ2v) is 16.9. The molecule has 0 unspecified atom stereocenters. The third kappa shape index (κ3) is 20.2. The standard InChI is InChI=1S/C41H62N12O11.C2HF3O2/c1-5-22(4)33(38(61)50-29(17-24-19-45-20-47-24)39(62)53-15-7-9-30(53)40(63)64)52-36(59)28(16-23-10-12-25(54)13-11-23)49-37(60)32(21(2)3)51-35(58)27(8-6-14-46-41(43)44)48-34(57)26(42)18-31(55)56;3-2(4,5)1(6)7/h10-13,19-22,26-30,32-33,54H,5-9,14-18,42H2,1-4H3,(H,45,47)(H,48,57)(H,49,60)(H,50,61)(H,51,58)(H,52,59)(H,55,56)(H,63,64)(H4,43,44,46);(H,6,7)/t22-,26-,27-,28-,29-,30+,32-,33-;/m0./s1. The van der Waals surface area contributed by atoms with Crippen LogP contribution in [0.5, 0.6) is 5.75 Å². The zero-order valence-corrected chi connectivity index (χ0v) is 39.4. The molecule has 1 saturated heterocycles. The number of rotatable bonds is 25. The Kier molecular flexibility index (Phi) is 23.7. The number of halogens is 3. The molecular formula is C43H63F3N12O13. The van der Waals surface area contributed by atoms with Gasteiger partial charge < -0.3 is 74.1 Å². The average molecular weight is 1010 g/mol. The molecule has 3 rings (SSSR count). The van der Waals surface area contributed by atoms with Crippen molar-refractivity contribution in [3.05, 3.63) is 48.0 Å². The minimum atomic E-state index is -5.08. The Balaban J connectivity index is 0.00000229. The smallest absolute Gasteiger partial charge is 0.490 e. The van der Waals surface area contributed by atoms with Crippen molar-refractivity contribution in [2.24, 2.45) is 34.0 Å². The van der Waals surface area contributed by atoms with E-state index < -0.39 is 120 Å². The zero-order valence-electron chi connectivity index (χ0n) is 39.4. The molecule has 2 aromatic rings. The van der Waals surface area contributed by atoms with Crippen LogP contribution in [-0.2, 0) is 56.0 Å². The van der Waals surface area contributed by atoms with Crippen molar-refractivity contribution in [3.8, 4) is 5.75 Å². The van der Waals surface area contributed by atoms with Crippen LogP contribution in [-0.4, -0.2) is 156 Å². The minimum absolute atomic E-state index is 0.0436. The molecule has 0 saturated carbocycles. The Morgan fingerprint density at radius 3 is 1.92 bits per heavy atom. The van der Waals surface area contributed by atoms with Crippen molar-refractivity contribution in [2.75, 3.05) is 13.1 Å². The van der Waals surface area contributed by atoms with Crippen LogP contribution in [0.2, 0.25) is 0 Å². The number of alkyl halides is 3. The van der Waals surface area contributed by atoms with Crippen molar-refractivity contribution in [1.29, 1.82) is 0 Å². The number of hydrogen-bond donors (Lipinski definition) is 13. The Morgan fingerprint density at radius 1 is 0.831 bits per heavy atom. The number of guanidine groups is 1. The third-order valence-electron chi connectivity index (χ3n) is 11.0. The van der Waals surface area contributed by atoms with Gasteiger partial charge in [0.05, 0.1) is 18.8 Å². The van der Waals surface area contributed by atoms with Gasteiger partial charge in [0.15, 0.2) is 5.96 Å². The van der Waals surface area contributed by atoms with Crippen molar-refractivity contribution in [2.45, 2.75) is 128 Å². The maximum Gasteiger partial charge on any atom is 0.490 e. The van der Waals surface area contributed by atoms with E-state index in [2.05, 4.69) is 41.5 Å². The summed E-state index contributed by atoms with van der Waals surface area (Å²) < 4.78 is 31.7. The van der Waals surface area contributed by atoms with Crippen LogP contribution >= 0.6 is 0 Å². The number of nitrogens with two attached hydrogens (primary N) is 3. The lowest BCUT2D eigenvalue weighted by Gasteiger charge is -2.31. The summed E-state index contributed by atoms with van der Waals surface area (Å²) in [4.78, 5) is 127. The third-order valence-corrected chi connectivity index (χ3v) is 11.0. The van der Waals surface area contributed by atoms with E-state index in [0.29, 0.717) is 24.1 Å². The van der Waals surface area contributed by atoms with E-state index in [1.807, 2.05) is 0 Å². The Labute approximate surface area is 405 Å². The number of aliphatic carboxylic acids is 3. The number of carboxylic acid groups (broad SMARTS) is 3. The highest BCUT2D eigenvalue weighted by Crippen LogP contribution is 2.21. The molecule has 1 aliphatic rings. The molecule has 1 aromatic heterocycles. The summed E-state index contributed by atoms with van der Waals surface area (Å²) in [7, 11) is 0. The summed E-state index contributed by atoms with van der Waals surface area (Å²) in [5, 5.41) is 49.2. The quantitative estimate of drug-likeness (QED) is 0.0309. The summed E-state index contributed by atoms with van der Waals surface area (Å²) in [5.74, 6) is -11.4. The number of carboxylic acids is 3. The number of H-pyrrole nitrogens is 1. The number of benzene rings is 1. The molecule has 1 aromatic carbocycles. The fourth-order valence-electron chi connectivity index (χ4n) is 6.98. The van der Waals surface area contributed by atoms with Crippen LogP contribution in [0.1, 0.15) is 77.5 Å². The number of phenols is 1. The molecule has 16 N–H and O–H groups in total. The SMILES string of the molecule is CC[C@H](C)[C@H](NC(=O)[C@H](Cc1ccc(O)cc1)NC(=O)[C@@H](NC(=O)[C@H](CCCN=C(N)N)NC(=O)[C@@H](N)CC(=O)O)C(C)C)C(=O)N[C@@H](Cc1cnc[nH]1)C(=O)N1CCC[C@@H]1C(=O)O.O=C(O)C(F)(F)F. The number of amides is 6. The Morgan fingerprint density at radius 2 is 1.39 bits per heavy atom. The normalized spacial score (nSPS) is 16.2. The largest absolute Gasteiger partial charge is 0.508 e. The van der Waals surface area contributed by atoms with Crippen LogP contribution in [0.4, 0.5) is 13.2 Å². The van der Waals surface area contributed by atoms with Crippen molar-refractivity contribution in [1.82, 2.24) is 41.5 Å². The van der Waals surface area contributed by atoms with Gasteiger partial charge in [0, 0.05) is 37.8 Å². The molecule has 0 bridgehead atoms. The van der Waals surface area contributed by atoms with Gasteiger partial charge in [-0.2, -0.15) is 13.2 Å². The second-order valence-electron chi connectivity index (χ2n) is 16.9. The van der Waals surface area contributed by atoms with Crippen LogP contribution < -0.4 is 43.8 Å². The summed E-state index contributed by atoms with van der Waals surface area (Å²) in [6, 6.07) is -3.26. The van der Waals surface area contributed by atoms with E-state index in [1.54, 1.807) is 27.7 Å². The van der Waals surface area contributed by atoms with E-state index in [1.165, 1.54) is 41.7 Å². The highest BCUT2D eigenvalue weighted by atomic mass is 19.4. The number of aromatic amines is 1. The van der Waals surface area contributed by atoms with Gasteiger partial charge in [-0.05, 0) is 55.2 Å². The topological polar surface area (TPSA) is 417 Å². The maximum atomic E-state index is 14.3. The van der Waals surface area contributed by atoms with Gasteiger partial charge in [0.25, 0.3) is 0 Å². The monoisotopic (exact) mass is 1010 g/mol. The molecule has 1 aliphatic heterocycles. The average Bonchev–Trinajstić information content (AvgIpc) is 4.01. The zero-order chi connectivity index (χ0) is 53.7. The van der Waals surface area contributed by atoms with E-state index in [0.717, 1.165) is 0 Å². The number of phenolic OH excluding ortho intramolecular Hbond substituents is 1. The van der Waals surface area contributed by atoms with Crippen LogP contribution in [0.3, 0.4) is 0 Å². The molecule has 1 fully saturated rings. The van der Waals surface area contributed by atoms with Gasteiger partial charge >= 0.3 is 24.1 Å². The number of nitrogens with zero attached hydrogens (tertiary/aromatic N) is 3. The Bertz CT molecular complexity index is 2170. The van der Waals surface area contributed by atoms with Crippen molar-refractivity contribution < 1.29 is 76.7 Å². The summed E-state index contributed by atoms with van der Waals surface area (Å²) in [6.07, 6.45) is -1.94. The van der Waals surface area contributed by atoms with E-state index in [-0.39, 0.29) is 56.9 Å². The Hall–Kier alpha value is -7.52. The minimum Gasteiger partial charge on any atom is -0.508 e. The highest BCUT2D eigenvalue weighted by molar-refractivity contribution is 5.97. The fraction of sp³-hybridized carbons (Fsp3) is 0.558. The maximum absolute atomic E-state index is 14.3. The molecule has 2 heterocycles. The number of hydrogen-bond acceptors (Lipinski definition) is 13. The number of carbonyl (C=O) groups excluding carboxylic acids is 6. The lowest BCUT2D eigenvalue weighted by atomic mass is 9.96. The van der Waals surface area contributed by atoms with Crippen LogP contribution in [0.25, 0.3) is 0 Å². The van der Waals surface area contributed by atoms with Gasteiger partial charge in [-0.25, -0.2) is 14.6 Å². The number of aliphatic imine (C=N–C) groups is 1. The number of aromatic nitrogens is 2. The molecule has 8 atom stereocenters. The van der Waals surface area contributed by atoms with E-state index in [9.17, 15) is 61.7 Å². The number of likely N-dealkylation sites (tertiary alicyclic amines) is 1. The molecule has 71 heavy (non-hydrogen) atoms. The lowest BCUT2D eigenvalue weighted by Crippen LogP contribution is -2.62. The molecule has 0 spiro atoms. The first-order valence-corrected chi connectivity index (χ1v) is 22.3. The van der Waals surface area contributed by atoms with Crippen LogP contribution in [0.15, 0.2) is 41.8 Å². The van der Waals surface area contributed by atoms with Crippen LogP contribution in [0, 0.1) is 11.8 Å². The first-order valence-electron chi connectivity index (χ1n) is 22.3. The summed E-state index contributed by atoms with van der Waals surface area (Å²) >= 11 is 0. The fourth-order valence-corrected chi connectivity index (χ4v) is 6.98. The van der Waals surface area contributed by atoms with Gasteiger partial charge in [0.2, 0.25) is 35.4 Å². The first-order chi connectivity index (χ1) is 33.2. The molecule has 25 nitrogen and oxygen atoms in total.